The van der Waals surface area contributed by atoms with Gasteiger partial charge in [-0.25, -0.2) is 0 Å². The highest BCUT2D eigenvalue weighted by atomic mass is 35.5. The molecule has 0 aliphatic heterocycles. The number of amides is 1. The lowest BCUT2D eigenvalue weighted by atomic mass is 9.60. The smallest absolute Gasteiger partial charge is 0.231 e. The molecule has 22 heavy (non-hydrogen) atoms. The van der Waals surface area contributed by atoms with Gasteiger partial charge in [-0.2, -0.15) is 0 Å². The minimum Gasteiger partial charge on any atom is -0.349 e. The molecule has 3 rings (SSSR count). The van der Waals surface area contributed by atoms with Gasteiger partial charge in [-0.3, -0.25) is 4.79 Å². The van der Waals surface area contributed by atoms with Gasteiger partial charge in [0.25, 0.3) is 0 Å². The molecule has 2 aromatic carbocycles. The van der Waals surface area contributed by atoms with Crippen LogP contribution in [0.3, 0.4) is 0 Å². The lowest BCUT2D eigenvalue weighted by molar-refractivity contribution is -0.128. The van der Waals surface area contributed by atoms with Crippen LogP contribution in [0.1, 0.15) is 16.7 Å². The summed E-state index contributed by atoms with van der Waals surface area (Å²) in [6.45, 7) is 0.0330. The Labute approximate surface area is 134 Å². The molecule has 4 heteroatoms. The Morgan fingerprint density at radius 3 is 2.68 bits per heavy atom. The molecule has 1 unspecified atom stereocenters. The molecule has 1 amide bonds. The maximum Gasteiger partial charge on any atom is 0.231 e. The predicted octanol–water partition coefficient (Wildman–Crippen LogP) is 2.69. The molecule has 0 heterocycles. The lowest BCUT2D eigenvalue weighted by Gasteiger charge is -2.43. The van der Waals surface area contributed by atoms with Crippen molar-refractivity contribution in [3.63, 3.8) is 0 Å². The van der Waals surface area contributed by atoms with Gasteiger partial charge in [0.1, 0.15) is 6.29 Å². The van der Waals surface area contributed by atoms with Crippen molar-refractivity contribution in [2.24, 2.45) is 0 Å². The largest absolute Gasteiger partial charge is 0.349 e. The fourth-order valence-corrected chi connectivity index (χ4v) is 3.41. The number of nitrogens with one attached hydrogen (secondary N) is 1. The molecule has 0 spiro atoms. The first-order chi connectivity index (χ1) is 10.7. The number of benzene rings is 2. The fourth-order valence-electron chi connectivity index (χ4n) is 3.17. The van der Waals surface area contributed by atoms with Crippen molar-refractivity contribution in [2.75, 3.05) is 6.54 Å². The second-order valence-corrected chi connectivity index (χ2v) is 5.97. The molecule has 1 N–H and O–H groups in total. The Morgan fingerprint density at radius 2 is 1.95 bits per heavy atom. The highest BCUT2D eigenvalue weighted by molar-refractivity contribution is 6.31. The highest BCUT2D eigenvalue weighted by Crippen LogP contribution is 2.46. The Morgan fingerprint density at radius 1 is 1.18 bits per heavy atom. The minimum atomic E-state index is -0.634. The van der Waals surface area contributed by atoms with Crippen LogP contribution < -0.4 is 5.32 Å². The number of aldehydes is 1. The molecular formula is C18H16ClNO2. The summed E-state index contributed by atoms with van der Waals surface area (Å²) in [5, 5.41) is 3.40. The van der Waals surface area contributed by atoms with Crippen LogP contribution in [0.25, 0.3) is 0 Å². The molecule has 0 saturated carbocycles. The van der Waals surface area contributed by atoms with Crippen LogP contribution in [-0.2, 0) is 27.8 Å². The first-order valence-electron chi connectivity index (χ1n) is 7.21. The van der Waals surface area contributed by atoms with E-state index in [1.165, 1.54) is 0 Å². The zero-order chi connectivity index (χ0) is 15.6. The minimum absolute atomic E-state index is 0.0330. The number of rotatable bonds is 5. The third-order valence-corrected chi connectivity index (χ3v) is 4.60. The van der Waals surface area contributed by atoms with Gasteiger partial charge in [-0.05, 0) is 35.6 Å². The van der Waals surface area contributed by atoms with Crippen LogP contribution in [0.4, 0.5) is 0 Å². The lowest BCUT2D eigenvalue weighted by Crippen LogP contribution is -2.53. The van der Waals surface area contributed by atoms with E-state index in [-0.39, 0.29) is 12.5 Å². The van der Waals surface area contributed by atoms with Gasteiger partial charge < -0.3 is 10.1 Å². The molecule has 1 atom stereocenters. The third kappa shape index (κ3) is 2.42. The first kappa shape index (κ1) is 14.8. The van der Waals surface area contributed by atoms with Gasteiger partial charge >= 0.3 is 0 Å². The molecule has 2 aromatic rings. The molecule has 0 aromatic heterocycles. The van der Waals surface area contributed by atoms with E-state index in [2.05, 4.69) is 5.32 Å². The molecular weight excluding hydrogens is 298 g/mol. The molecule has 0 bridgehead atoms. The summed E-state index contributed by atoms with van der Waals surface area (Å²) in [6, 6.07) is 15.6. The van der Waals surface area contributed by atoms with E-state index in [0.29, 0.717) is 24.2 Å². The molecule has 112 valence electrons. The number of halogens is 1. The quantitative estimate of drug-likeness (QED) is 0.863. The average Bonchev–Trinajstić information content (AvgIpc) is 2.52. The second kappa shape index (κ2) is 5.93. The maximum absolute atomic E-state index is 12.7. The highest BCUT2D eigenvalue weighted by Gasteiger charge is 2.49. The van der Waals surface area contributed by atoms with E-state index >= 15 is 0 Å². The van der Waals surface area contributed by atoms with Crippen molar-refractivity contribution in [3.05, 3.63) is 70.2 Å². The molecule has 0 fully saturated rings. The van der Waals surface area contributed by atoms with Gasteiger partial charge in [-0.15, -0.1) is 0 Å². The van der Waals surface area contributed by atoms with Crippen molar-refractivity contribution >= 4 is 23.8 Å². The van der Waals surface area contributed by atoms with Gasteiger partial charge in [0, 0.05) is 5.02 Å². The Balaban J connectivity index is 1.98. The van der Waals surface area contributed by atoms with E-state index in [0.717, 1.165) is 16.7 Å². The summed E-state index contributed by atoms with van der Waals surface area (Å²) in [5.41, 5.74) is 2.45. The van der Waals surface area contributed by atoms with E-state index in [9.17, 15) is 9.59 Å². The summed E-state index contributed by atoms with van der Waals surface area (Å²) >= 11 is 6.22. The number of carbonyl (C=O) groups is 2. The first-order valence-corrected chi connectivity index (χ1v) is 7.59. The van der Waals surface area contributed by atoms with Crippen molar-refractivity contribution < 1.29 is 9.59 Å². The van der Waals surface area contributed by atoms with Crippen LogP contribution in [0.15, 0.2) is 48.5 Å². The monoisotopic (exact) mass is 313 g/mol. The van der Waals surface area contributed by atoms with Crippen LogP contribution in [0, 0.1) is 0 Å². The van der Waals surface area contributed by atoms with E-state index in [1.54, 1.807) is 0 Å². The van der Waals surface area contributed by atoms with Crippen molar-refractivity contribution in [1.82, 2.24) is 5.32 Å². The number of fused-ring (bicyclic) bond motifs is 1. The van der Waals surface area contributed by atoms with Crippen molar-refractivity contribution in [2.45, 2.75) is 18.3 Å². The van der Waals surface area contributed by atoms with E-state index < -0.39 is 5.41 Å². The average molecular weight is 314 g/mol. The van der Waals surface area contributed by atoms with Gasteiger partial charge in [-0.1, -0.05) is 54.1 Å². The van der Waals surface area contributed by atoms with Crippen LogP contribution in [0.2, 0.25) is 5.02 Å². The second-order valence-electron chi connectivity index (χ2n) is 5.56. The Kier molecular flexibility index (Phi) is 3.99. The van der Waals surface area contributed by atoms with Crippen molar-refractivity contribution in [1.29, 1.82) is 0 Å². The van der Waals surface area contributed by atoms with Crippen LogP contribution in [-0.4, -0.2) is 18.7 Å². The number of hydrogen-bond acceptors (Lipinski definition) is 2. The van der Waals surface area contributed by atoms with E-state index in [1.807, 2.05) is 48.5 Å². The summed E-state index contributed by atoms with van der Waals surface area (Å²) in [4.78, 5) is 23.2. The predicted molar refractivity (Wildman–Crippen MR) is 86.1 cm³/mol. The zero-order valence-electron chi connectivity index (χ0n) is 12.0. The number of hydrogen-bond donors (Lipinski definition) is 1. The SMILES string of the molecule is O=CCNC(=O)C1(Cc2ccccc2)Cc2c(Cl)cccc21. The standard InChI is InChI=1S/C18H16ClNO2/c19-16-8-4-7-15-14(16)12-18(15,17(22)20-9-10-21)11-13-5-2-1-3-6-13/h1-8,10H,9,11-12H2,(H,20,22). The van der Waals surface area contributed by atoms with Crippen LogP contribution >= 0.6 is 11.6 Å². The Bertz CT molecular complexity index is 714. The van der Waals surface area contributed by atoms with Crippen LogP contribution in [0.5, 0.6) is 0 Å². The normalized spacial score (nSPS) is 19.0. The van der Waals surface area contributed by atoms with Gasteiger partial charge in [0.15, 0.2) is 0 Å². The number of carbonyl (C=O) groups excluding carboxylic acids is 2. The molecule has 0 radical (unpaired) electrons. The molecule has 1 aliphatic rings. The van der Waals surface area contributed by atoms with Crippen molar-refractivity contribution in [3.8, 4) is 0 Å². The summed E-state index contributed by atoms with van der Waals surface area (Å²) in [6.07, 6.45) is 1.90. The molecule has 1 aliphatic carbocycles. The van der Waals surface area contributed by atoms with Gasteiger partial charge in [0.05, 0.1) is 12.0 Å². The fraction of sp³-hybridized carbons (Fsp3) is 0.222. The Hall–Kier alpha value is -2.13. The topological polar surface area (TPSA) is 46.2 Å². The summed E-state index contributed by atoms with van der Waals surface area (Å²) in [5.74, 6) is -0.113. The summed E-state index contributed by atoms with van der Waals surface area (Å²) in [7, 11) is 0. The third-order valence-electron chi connectivity index (χ3n) is 4.24. The van der Waals surface area contributed by atoms with E-state index in [4.69, 9.17) is 11.6 Å². The summed E-state index contributed by atoms with van der Waals surface area (Å²) < 4.78 is 0. The van der Waals surface area contributed by atoms with Gasteiger partial charge in [0.2, 0.25) is 5.91 Å². The maximum atomic E-state index is 12.7. The molecule has 0 saturated heterocycles. The zero-order valence-corrected chi connectivity index (χ0v) is 12.8. The molecule has 3 nitrogen and oxygen atoms in total.